The smallest absolute Gasteiger partial charge is 0.181 e. The molecule has 0 aliphatic carbocycles. The highest BCUT2D eigenvalue weighted by Crippen LogP contribution is 2.31. The molecule has 1 unspecified atom stereocenters. The van der Waals surface area contributed by atoms with Crippen molar-refractivity contribution in [2.75, 3.05) is 0 Å². The summed E-state index contributed by atoms with van der Waals surface area (Å²) in [5.74, 6) is 0. The number of allylic oxidation sites excluding steroid dienone is 1. The van der Waals surface area contributed by atoms with E-state index in [0.717, 1.165) is 0 Å². The summed E-state index contributed by atoms with van der Waals surface area (Å²) >= 11 is 0. The molecule has 0 N–H and O–H groups in total. The molecule has 88 valence electrons. The minimum Gasteiger partial charge on any atom is -0.223 e. The number of hydrogen-bond donors (Lipinski definition) is 0. The van der Waals surface area contributed by atoms with Crippen molar-refractivity contribution in [2.45, 2.75) is 30.9 Å². The zero-order valence-corrected chi connectivity index (χ0v) is 10.8. The molecule has 0 saturated heterocycles. The van der Waals surface area contributed by atoms with Crippen molar-refractivity contribution in [1.29, 1.82) is 0 Å². The lowest BCUT2D eigenvalue weighted by atomic mass is 9.90. The van der Waals surface area contributed by atoms with Gasteiger partial charge in [0, 0.05) is 0 Å². The predicted molar refractivity (Wildman–Crippen MR) is 67.1 cm³/mol. The Labute approximate surface area is 97.9 Å². The highest BCUT2D eigenvalue weighted by molar-refractivity contribution is 7.92. The van der Waals surface area contributed by atoms with Crippen molar-refractivity contribution in [3.05, 3.63) is 43.0 Å². The summed E-state index contributed by atoms with van der Waals surface area (Å²) in [6.45, 7) is 9.18. The van der Waals surface area contributed by atoms with E-state index in [2.05, 4.69) is 6.58 Å². The van der Waals surface area contributed by atoms with Crippen molar-refractivity contribution in [1.82, 2.24) is 0 Å². The fourth-order valence-corrected chi connectivity index (χ4v) is 3.22. The van der Waals surface area contributed by atoms with Crippen LogP contribution in [-0.2, 0) is 9.84 Å². The molecule has 0 aliphatic heterocycles. The number of sulfone groups is 1. The quantitative estimate of drug-likeness (QED) is 0.755. The maximum absolute atomic E-state index is 12.3. The fraction of sp³-hybridized carbons (Fsp3) is 0.385. The Hall–Kier alpha value is -1.09. The average molecular weight is 238 g/mol. The predicted octanol–water partition coefficient (Wildman–Crippen LogP) is 3.06. The van der Waals surface area contributed by atoms with Gasteiger partial charge in [-0.15, -0.1) is 6.58 Å². The maximum atomic E-state index is 12.3. The van der Waals surface area contributed by atoms with Gasteiger partial charge in [-0.05, 0) is 24.5 Å². The molecule has 0 saturated carbocycles. The Morgan fingerprint density at radius 3 is 2.19 bits per heavy atom. The van der Waals surface area contributed by atoms with Gasteiger partial charge in [0.2, 0.25) is 0 Å². The van der Waals surface area contributed by atoms with Crippen LogP contribution in [0.5, 0.6) is 0 Å². The van der Waals surface area contributed by atoms with Crippen LogP contribution in [-0.4, -0.2) is 13.7 Å². The average Bonchev–Trinajstić information content (AvgIpc) is 2.29. The largest absolute Gasteiger partial charge is 0.223 e. The Balaban J connectivity index is 3.19. The molecule has 0 bridgehead atoms. The van der Waals surface area contributed by atoms with Crippen molar-refractivity contribution in [3.63, 3.8) is 0 Å². The monoisotopic (exact) mass is 238 g/mol. The second-order valence-corrected chi connectivity index (χ2v) is 6.79. The molecule has 0 radical (unpaired) electrons. The van der Waals surface area contributed by atoms with Gasteiger partial charge in [-0.2, -0.15) is 0 Å². The molecular formula is C13H18O2S. The van der Waals surface area contributed by atoms with Gasteiger partial charge in [0.05, 0.1) is 10.1 Å². The van der Waals surface area contributed by atoms with Crippen molar-refractivity contribution >= 4 is 9.84 Å². The number of hydrogen-bond acceptors (Lipinski definition) is 2. The third kappa shape index (κ3) is 2.35. The van der Waals surface area contributed by atoms with Crippen molar-refractivity contribution in [2.24, 2.45) is 5.41 Å². The number of rotatable bonds is 4. The fourth-order valence-electron chi connectivity index (χ4n) is 1.38. The van der Waals surface area contributed by atoms with Crippen LogP contribution in [0.3, 0.4) is 0 Å². The molecule has 0 amide bonds. The van der Waals surface area contributed by atoms with Crippen LogP contribution >= 0.6 is 0 Å². The van der Waals surface area contributed by atoms with Crippen LogP contribution in [0, 0.1) is 5.41 Å². The van der Waals surface area contributed by atoms with E-state index in [1.807, 2.05) is 19.9 Å². The maximum Gasteiger partial charge on any atom is 0.181 e. The molecule has 0 heterocycles. The first-order chi connectivity index (χ1) is 7.32. The second kappa shape index (κ2) is 4.42. The highest BCUT2D eigenvalue weighted by Gasteiger charge is 2.34. The van der Waals surface area contributed by atoms with Gasteiger partial charge in [-0.3, -0.25) is 0 Å². The lowest BCUT2D eigenvalue weighted by Crippen LogP contribution is -2.32. The summed E-state index contributed by atoms with van der Waals surface area (Å²) in [5.41, 5.74) is -0.436. The standard InChI is InChI=1S/C13H18O2S/c1-5-13(3,4)11(2)16(14,15)12-9-7-6-8-10-12/h5-11H,1H2,2-4H3. The van der Waals surface area contributed by atoms with Crippen LogP contribution in [0.4, 0.5) is 0 Å². The lowest BCUT2D eigenvalue weighted by Gasteiger charge is -2.27. The lowest BCUT2D eigenvalue weighted by molar-refractivity contribution is 0.449. The summed E-state index contributed by atoms with van der Waals surface area (Å²) < 4.78 is 24.6. The van der Waals surface area contributed by atoms with E-state index in [-0.39, 0.29) is 0 Å². The van der Waals surface area contributed by atoms with Gasteiger partial charge < -0.3 is 0 Å². The molecule has 16 heavy (non-hydrogen) atoms. The topological polar surface area (TPSA) is 34.1 Å². The van der Waals surface area contributed by atoms with Crippen LogP contribution in [0.2, 0.25) is 0 Å². The molecule has 0 aliphatic rings. The van der Waals surface area contributed by atoms with E-state index in [4.69, 9.17) is 0 Å². The van der Waals surface area contributed by atoms with Gasteiger partial charge in [0.1, 0.15) is 0 Å². The van der Waals surface area contributed by atoms with Crippen LogP contribution in [0.15, 0.2) is 47.9 Å². The van der Waals surface area contributed by atoms with Gasteiger partial charge in [0.25, 0.3) is 0 Å². The summed E-state index contributed by atoms with van der Waals surface area (Å²) in [7, 11) is -3.28. The van der Waals surface area contributed by atoms with E-state index >= 15 is 0 Å². The van der Waals surface area contributed by atoms with Gasteiger partial charge in [0.15, 0.2) is 9.84 Å². The summed E-state index contributed by atoms with van der Waals surface area (Å²) in [6.07, 6.45) is 1.69. The van der Waals surface area contributed by atoms with Crippen LogP contribution in [0.1, 0.15) is 20.8 Å². The Morgan fingerprint density at radius 1 is 1.25 bits per heavy atom. The molecule has 1 atom stereocenters. The van der Waals surface area contributed by atoms with Gasteiger partial charge in [-0.1, -0.05) is 38.1 Å². The molecular weight excluding hydrogens is 220 g/mol. The first-order valence-corrected chi connectivity index (χ1v) is 6.79. The Kier molecular flexibility index (Phi) is 3.58. The number of benzene rings is 1. The van der Waals surface area contributed by atoms with Crippen molar-refractivity contribution in [3.8, 4) is 0 Å². The zero-order chi connectivity index (χ0) is 12.4. The summed E-state index contributed by atoms with van der Waals surface area (Å²) in [5, 5.41) is -0.486. The normalized spacial score (nSPS) is 14.4. The zero-order valence-electron chi connectivity index (χ0n) is 9.97. The SMILES string of the molecule is C=CC(C)(C)C(C)S(=O)(=O)c1ccccc1. The third-order valence-electron chi connectivity index (χ3n) is 3.11. The first-order valence-electron chi connectivity index (χ1n) is 5.25. The molecule has 3 heteroatoms. The minimum atomic E-state index is -3.28. The van der Waals surface area contributed by atoms with Crippen molar-refractivity contribution < 1.29 is 8.42 Å². The first kappa shape index (κ1) is 13.0. The highest BCUT2D eigenvalue weighted by atomic mass is 32.2. The molecule has 1 rings (SSSR count). The molecule has 1 aromatic rings. The van der Waals surface area contributed by atoms with Gasteiger partial charge in [-0.25, -0.2) is 8.42 Å². The van der Waals surface area contributed by atoms with Crippen LogP contribution in [0.25, 0.3) is 0 Å². The van der Waals surface area contributed by atoms with E-state index in [1.54, 1.807) is 37.3 Å². The van der Waals surface area contributed by atoms with E-state index < -0.39 is 20.5 Å². The minimum absolute atomic E-state index is 0.373. The van der Waals surface area contributed by atoms with E-state index in [1.165, 1.54) is 0 Å². The van der Waals surface area contributed by atoms with E-state index in [0.29, 0.717) is 4.90 Å². The third-order valence-corrected chi connectivity index (χ3v) is 5.58. The Morgan fingerprint density at radius 2 is 1.75 bits per heavy atom. The molecule has 0 spiro atoms. The van der Waals surface area contributed by atoms with Crippen LogP contribution < -0.4 is 0 Å². The second-order valence-electron chi connectivity index (χ2n) is 4.53. The molecule has 1 aromatic carbocycles. The van der Waals surface area contributed by atoms with Gasteiger partial charge >= 0.3 is 0 Å². The molecule has 0 aromatic heterocycles. The summed E-state index contributed by atoms with van der Waals surface area (Å²) in [6, 6.07) is 8.54. The molecule has 2 nitrogen and oxygen atoms in total. The molecule has 0 fully saturated rings. The summed E-state index contributed by atoms with van der Waals surface area (Å²) in [4.78, 5) is 0.373. The van der Waals surface area contributed by atoms with E-state index in [9.17, 15) is 8.42 Å². The Bertz CT molecular complexity index is 458.